The van der Waals surface area contributed by atoms with E-state index in [0.717, 1.165) is 30.8 Å². The molecule has 1 fully saturated rings. The summed E-state index contributed by atoms with van der Waals surface area (Å²) in [4.78, 5) is 17.7. The van der Waals surface area contributed by atoms with E-state index in [1.165, 1.54) is 12.1 Å². The third-order valence-electron chi connectivity index (χ3n) is 4.50. The van der Waals surface area contributed by atoms with E-state index in [2.05, 4.69) is 0 Å². The smallest absolute Gasteiger partial charge is 0.262 e. The Morgan fingerprint density at radius 3 is 2.77 bits per heavy atom. The molecule has 134 valence electrons. The fourth-order valence-corrected chi connectivity index (χ4v) is 4.18. The second-order valence-corrected chi connectivity index (χ2v) is 7.36. The minimum atomic E-state index is -0.286. The Balaban J connectivity index is 1.71. The zero-order chi connectivity index (χ0) is 17.9. The highest BCUT2D eigenvalue weighted by Crippen LogP contribution is 2.24. The summed E-state index contributed by atoms with van der Waals surface area (Å²) in [6, 6.07) is 13.6. The summed E-state index contributed by atoms with van der Waals surface area (Å²) in [5.41, 5.74) is 1.49. The zero-order valence-electron chi connectivity index (χ0n) is 14.2. The molecule has 0 aliphatic carbocycles. The number of hydrogen-bond acceptors (Lipinski definition) is 4. The number of benzene rings is 2. The second kappa shape index (κ2) is 7.60. The molecule has 26 heavy (non-hydrogen) atoms. The summed E-state index contributed by atoms with van der Waals surface area (Å²) >= 11 is 1.55. The van der Waals surface area contributed by atoms with Gasteiger partial charge in [-0.1, -0.05) is 36.0 Å². The molecule has 4 rings (SSSR count). The van der Waals surface area contributed by atoms with E-state index in [4.69, 9.17) is 9.72 Å². The van der Waals surface area contributed by atoms with Gasteiger partial charge in [0.15, 0.2) is 5.16 Å². The van der Waals surface area contributed by atoms with Gasteiger partial charge < -0.3 is 4.74 Å². The van der Waals surface area contributed by atoms with Crippen molar-refractivity contribution in [1.29, 1.82) is 0 Å². The molecule has 0 N–H and O–H groups in total. The maximum absolute atomic E-state index is 13.2. The van der Waals surface area contributed by atoms with E-state index in [0.29, 0.717) is 22.6 Å². The number of para-hydroxylation sites is 1. The Morgan fingerprint density at radius 1 is 1.19 bits per heavy atom. The number of thioether (sulfide) groups is 1. The number of halogens is 1. The molecular formula is C20H19FN2O2S. The van der Waals surface area contributed by atoms with Crippen LogP contribution in [-0.2, 0) is 11.3 Å². The highest BCUT2D eigenvalue weighted by Gasteiger charge is 2.18. The Labute approximate surface area is 155 Å². The average molecular weight is 370 g/mol. The number of ether oxygens (including phenoxy) is 1. The molecule has 3 aromatic rings. The summed E-state index contributed by atoms with van der Waals surface area (Å²) in [6.07, 6.45) is 2.34. The lowest BCUT2D eigenvalue weighted by Crippen LogP contribution is -2.24. The molecular weight excluding hydrogens is 351 g/mol. The molecule has 1 atom stereocenters. The van der Waals surface area contributed by atoms with Crippen LogP contribution in [0.2, 0.25) is 0 Å². The van der Waals surface area contributed by atoms with Gasteiger partial charge in [0.05, 0.1) is 23.6 Å². The van der Waals surface area contributed by atoms with Crippen LogP contribution >= 0.6 is 11.8 Å². The van der Waals surface area contributed by atoms with Crippen molar-refractivity contribution in [2.24, 2.45) is 0 Å². The van der Waals surface area contributed by atoms with Crippen LogP contribution in [0.1, 0.15) is 18.4 Å². The van der Waals surface area contributed by atoms with Gasteiger partial charge in [-0.25, -0.2) is 9.37 Å². The van der Waals surface area contributed by atoms with Crippen LogP contribution in [0, 0.1) is 5.82 Å². The number of nitrogens with zero attached hydrogens (tertiary/aromatic N) is 2. The van der Waals surface area contributed by atoms with Gasteiger partial charge in [-0.2, -0.15) is 0 Å². The molecule has 0 spiro atoms. The standard InChI is InChI=1S/C20H19FN2O2S/c21-15-9-7-14(8-10-15)12-23-19(24)17-5-1-2-6-18(17)22-20(23)26-13-16-4-3-11-25-16/h1-2,5-10,16H,3-4,11-13H2/t16-/m1/s1. The van der Waals surface area contributed by atoms with Gasteiger partial charge in [0.1, 0.15) is 5.82 Å². The van der Waals surface area contributed by atoms with E-state index < -0.39 is 0 Å². The first kappa shape index (κ1) is 17.2. The first-order chi connectivity index (χ1) is 12.7. The molecule has 0 unspecified atom stereocenters. The fraction of sp³-hybridized carbons (Fsp3) is 0.300. The summed E-state index contributed by atoms with van der Waals surface area (Å²) in [7, 11) is 0. The topological polar surface area (TPSA) is 44.1 Å². The molecule has 0 amide bonds. The van der Waals surface area contributed by atoms with Gasteiger partial charge in [0.2, 0.25) is 0 Å². The Morgan fingerprint density at radius 2 is 2.00 bits per heavy atom. The maximum atomic E-state index is 13.2. The maximum Gasteiger partial charge on any atom is 0.262 e. The monoisotopic (exact) mass is 370 g/mol. The molecule has 1 saturated heterocycles. The van der Waals surface area contributed by atoms with Crippen molar-refractivity contribution >= 4 is 22.7 Å². The van der Waals surface area contributed by atoms with Crippen LogP contribution in [0.15, 0.2) is 58.5 Å². The SMILES string of the molecule is O=c1c2ccccc2nc(SC[C@H]2CCCO2)n1Cc1ccc(F)cc1. The quantitative estimate of drug-likeness (QED) is 0.505. The molecule has 0 radical (unpaired) electrons. The van der Waals surface area contributed by atoms with Crippen molar-refractivity contribution in [3.8, 4) is 0 Å². The van der Waals surface area contributed by atoms with E-state index in [9.17, 15) is 9.18 Å². The van der Waals surface area contributed by atoms with Gasteiger partial charge in [-0.3, -0.25) is 9.36 Å². The van der Waals surface area contributed by atoms with Gasteiger partial charge in [0, 0.05) is 12.4 Å². The van der Waals surface area contributed by atoms with Crippen molar-refractivity contribution in [2.75, 3.05) is 12.4 Å². The molecule has 1 aromatic heterocycles. The van der Waals surface area contributed by atoms with E-state index >= 15 is 0 Å². The summed E-state index contributed by atoms with van der Waals surface area (Å²) in [5, 5.41) is 1.27. The summed E-state index contributed by atoms with van der Waals surface area (Å²) in [6.45, 7) is 1.17. The Hall–Kier alpha value is -2.18. The van der Waals surface area contributed by atoms with Crippen LogP contribution in [0.4, 0.5) is 4.39 Å². The minimum Gasteiger partial charge on any atom is -0.377 e. The van der Waals surface area contributed by atoms with Gasteiger partial charge in [-0.05, 0) is 42.7 Å². The number of hydrogen-bond donors (Lipinski definition) is 0. The highest BCUT2D eigenvalue weighted by atomic mass is 32.2. The lowest BCUT2D eigenvalue weighted by Gasteiger charge is -2.15. The minimum absolute atomic E-state index is 0.0743. The third-order valence-corrected chi connectivity index (χ3v) is 5.61. The normalized spacial score (nSPS) is 17.0. The lowest BCUT2D eigenvalue weighted by molar-refractivity contribution is 0.129. The first-order valence-electron chi connectivity index (χ1n) is 8.69. The van der Waals surface area contributed by atoms with Gasteiger partial charge in [-0.15, -0.1) is 0 Å². The predicted octanol–water partition coefficient (Wildman–Crippen LogP) is 3.86. The van der Waals surface area contributed by atoms with Crippen molar-refractivity contribution < 1.29 is 9.13 Å². The first-order valence-corrected chi connectivity index (χ1v) is 9.68. The largest absolute Gasteiger partial charge is 0.377 e. The average Bonchev–Trinajstić information content (AvgIpc) is 3.18. The number of aromatic nitrogens is 2. The molecule has 0 saturated carbocycles. The lowest BCUT2D eigenvalue weighted by atomic mass is 10.2. The van der Waals surface area contributed by atoms with Crippen molar-refractivity contribution in [3.05, 3.63) is 70.3 Å². The van der Waals surface area contributed by atoms with Crippen LogP contribution in [-0.4, -0.2) is 28.0 Å². The fourth-order valence-electron chi connectivity index (χ4n) is 3.11. The second-order valence-electron chi connectivity index (χ2n) is 6.38. The van der Waals surface area contributed by atoms with E-state index in [-0.39, 0.29) is 17.5 Å². The molecule has 1 aliphatic heterocycles. The molecule has 4 nitrogen and oxygen atoms in total. The zero-order valence-corrected chi connectivity index (χ0v) is 15.0. The highest BCUT2D eigenvalue weighted by molar-refractivity contribution is 7.99. The van der Waals surface area contributed by atoms with Crippen molar-refractivity contribution in [1.82, 2.24) is 9.55 Å². The third kappa shape index (κ3) is 3.66. The van der Waals surface area contributed by atoms with Crippen LogP contribution in [0.3, 0.4) is 0 Å². The number of fused-ring (bicyclic) bond motifs is 1. The summed E-state index contributed by atoms with van der Waals surface area (Å²) < 4.78 is 20.5. The predicted molar refractivity (Wildman–Crippen MR) is 101 cm³/mol. The van der Waals surface area contributed by atoms with E-state index in [1.54, 1.807) is 34.5 Å². The molecule has 2 heterocycles. The van der Waals surface area contributed by atoms with Crippen molar-refractivity contribution in [3.63, 3.8) is 0 Å². The molecule has 0 bridgehead atoms. The van der Waals surface area contributed by atoms with Crippen LogP contribution < -0.4 is 5.56 Å². The molecule has 6 heteroatoms. The molecule has 2 aromatic carbocycles. The van der Waals surface area contributed by atoms with Crippen molar-refractivity contribution in [2.45, 2.75) is 30.6 Å². The van der Waals surface area contributed by atoms with Gasteiger partial charge in [0.25, 0.3) is 5.56 Å². The molecule has 1 aliphatic rings. The Kier molecular flexibility index (Phi) is 5.04. The van der Waals surface area contributed by atoms with Gasteiger partial charge >= 0.3 is 0 Å². The van der Waals surface area contributed by atoms with E-state index in [1.807, 2.05) is 18.2 Å². The van der Waals surface area contributed by atoms with Crippen LogP contribution in [0.25, 0.3) is 10.9 Å². The van der Waals surface area contributed by atoms with Crippen LogP contribution in [0.5, 0.6) is 0 Å². The summed E-state index contributed by atoms with van der Waals surface area (Å²) in [5.74, 6) is 0.486. The Bertz CT molecular complexity index is 966. The number of rotatable bonds is 5.